The number of nitrogens with zero attached hydrogens (tertiary/aromatic N) is 2. The maximum absolute atomic E-state index is 7.23. The van der Waals surface area contributed by atoms with Crippen LogP contribution in [0.25, 0.3) is 44.5 Å². The van der Waals surface area contributed by atoms with Crippen molar-refractivity contribution in [1.82, 2.24) is 9.97 Å². The fourth-order valence-corrected chi connectivity index (χ4v) is 5.08. The smallest absolute Gasteiger partial charge is 0.120 e. The summed E-state index contributed by atoms with van der Waals surface area (Å²) in [6.07, 6.45) is 3.20. The first-order chi connectivity index (χ1) is 21.2. The second-order valence-corrected chi connectivity index (χ2v) is 10.3. The number of hydrogen-bond acceptors (Lipinski definition) is 3. The van der Waals surface area contributed by atoms with Crippen molar-refractivity contribution in [3.05, 3.63) is 156 Å². The average molecular weight is 726 g/mol. The van der Waals surface area contributed by atoms with E-state index in [1.165, 1.54) is 17.3 Å². The standard InChI is InChI=1S/C26H20NO.C12H10N.Ir/c1-26(2,18-10-4-3-5-11-18)21-16-15-19(22-13-8-9-17-27-22)25-24(21)20-12-6-7-14-23(20)28-25;1-10-7-8-12(13-9-10)11-5-3-2-4-6-11;/h3-14,16-17H,1-2H3;2-5,7-9H,1H3;/q2*-1;/i;1D3;. The molecule has 7 aromatic rings. The molecule has 0 saturated heterocycles. The summed E-state index contributed by atoms with van der Waals surface area (Å²) in [5.41, 5.74) is 7.64. The molecule has 0 amide bonds. The van der Waals surface area contributed by atoms with Crippen LogP contribution in [0.15, 0.2) is 132 Å². The third kappa shape index (κ3) is 5.83. The van der Waals surface area contributed by atoms with Crippen molar-refractivity contribution in [2.45, 2.75) is 26.1 Å². The van der Waals surface area contributed by atoms with E-state index in [4.69, 9.17) is 8.53 Å². The molecular weight excluding hydrogens is 693 g/mol. The van der Waals surface area contributed by atoms with E-state index in [1.54, 1.807) is 24.4 Å². The molecule has 0 spiro atoms. The number of aryl methyl sites for hydroxylation is 1. The first-order valence-corrected chi connectivity index (χ1v) is 13.5. The summed E-state index contributed by atoms with van der Waals surface area (Å²) in [5.74, 6) is 0. The van der Waals surface area contributed by atoms with Crippen molar-refractivity contribution in [3.63, 3.8) is 0 Å². The van der Waals surface area contributed by atoms with Crippen LogP contribution < -0.4 is 0 Å². The van der Waals surface area contributed by atoms with Gasteiger partial charge in [-0.05, 0) is 46.9 Å². The Labute approximate surface area is 264 Å². The second-order valence-electron chi connectivity index (χ2n) is 10.3. The molecule has 7 rings (SSSR count). The molecule has 0 unspecified atom stereocenters. The van der Waals surface area contributed by atoms with Crippen LogP contribution in [-0.4, -0.2) is 9.97 Å². The van der Waals surface area contributed by atoms with Crippen molar-refractivity contribution in [2.24, 2.45) is 0 Å². The molecule has 0 aliphatic rings. The van der Waals surface area contributed by atoms with Crippen molar-refractivity contribution in [2.75, 3.05) is 0 Å². The van der Waals surface area contributed by atoms with Gasteiger partial charge in [0.25, 0.3) is 0 Å². The third-order valence-electron chi connectivity index (χ3n) is 7.29. The molecular formula is C38H30IrN2O-2. The first-order valence-electron chi connectivity index (χ1n) is 15.0. The van der Waals surface area contributed by atoms with Crippen molar-refractivity contribution in [3.8, 4) is 22.5 Å². The fourth-order valence-electron chi connectivity index (χ4n) is 5.08. The predicted molar refractivity (Wildman–Crippen MR) is 168 cm³/mol. The van der Waals surface area contributed by atoms with E-state index < -0.39 is 6.85 Å². The van der Waals surface area contributed by atoms with E-state index in [9.17, 15) is 0 Å². The van der Waals surface area contributed by atoms with Gasteiger partial charge in [-0.25, -0.2) is 0 Å². The molecule has 42 heavy (non-hydrogen) atoms. The Hall–Kier alpha value is -4.37. The minimum Gasteiger partial charge on any atom is -0.501 e. The quantitative estimate of drug-likeness (QED) is 0.170. The number of benzene rings is 4. The number of hydrogen-bond donors (Lipinski definition) is 0. The van der Waals surface area contributed by atoms with Gasteiger partial charge in [-0.1, -0.05) is 97.6 Å². The Morgan fingerprint density at radius 2 is 1.55 bits per heavy atom. The number of aromatic nitrogens is 2. The number of para-hydroxylation sites is 1. The zero-order chi connectivity index (χ0) is 30.7. The maximum Gasteiger partial charge on any atom is 0.120 e. The molecule has 3 nitrogen and oxygen atoms in total. The molecule has 0 atom stereocenters. The molecule has 0 N–H and O–H groups in total. The molecule has 4 heteroatoms. The average Bonchev–Trinajstić information content (AvgIpc) is 3.45. The minimum atomic E-state index is -2.09. The summed E-state index contributed by atoms with van der Waals surface area (Å²) in [5, 5.41) is 2.27. The summed E-state index contributed by atoms with van der Waals surface area (Å²) in [7, 11) is 0. The largest absolute Gasteiger partial charge is 0.501 e. The summed E-state index contributed by atoms with van der Waals surface area (Å²) in [6, 6.07) is 44.1. The Balaban J connectivity index is 0.000000202. The number of rotatable bonds is 4. The van der Waals surface area contributed by atoms with Gasteiger partial charge in [0, 0.05) is 42.0 Å². The van der Waals surface area contributed by atoms with Gasteiger partial charge in [-0.3, -0.25) is 0 Å². The molecule has 1 radical (unpaired) electrons. The van der Waals surface area contributed by atoms with Gasteiger partial charge in [0.15, 0.2) is 0 Å². The zero-order valence-corrected chi connectivity index (χ0v) is 25.7. The Morgan fingerprint density at radius 3 is 2.26 bits per heavy atom. The van der Waals surface area contributed by atoms with Crippen molar-refractivity contribution in [1.29, 1.82) is 0 Å². The Kier molecular flexibility index (Phi) is 7.63. The van der Waals surface area contributed by atoms with Crippen molar-refractivity contribution >= 4 is 21.9 Å². The van der Waals surface area contributed by atoms with Gasteiger partial charge in [0.05, 0.1) is 5.58 Å². The molecule has 3 aromatic heterocycles. The van der Waals surface area contributed by atoms with Gasteiger partial charge >= 0.3 is 0 Å². The number of fused-ring (bicyclic) bond motifs is 3. The molecule has 0 bridgehead atoms. The molecule has 0 saturated carbocycles. The fraction of sp³-hybridized carbons (Fsp3) is 0.105. The SMILES string of the molecule is CC(C)(c1ccccc1)c1c[c-]c(-c2ccccn2)c2oc3ccccc3c12.[2H]C([2H])([2H])c1ccc(-c2[c-]cccc2)nc1.[Ir]. The van der Waals surface area contributed by atoms with E-state index in [0.717, 1.165) is 44.5 Å². The van der Waals surface area contributed by atoms with Gasteiger partial charge in [0.2, 0.25) is 0 Å². The third-order valence-corrected chi connectivity index (χ3v) is 7.29. The monoisotopic (exact) mass is 726 g/mol. The molecule has 209 valence electrons. The summed E-state index contributed by atoms with van der Waals surface area (Å²) in [4.78, 5) is 8.65. The van der Waals surface area contributed by atoms with Crippen LogP contribution in [0.2, 0.25) is 0 Å². The zero-order valence-electron chi connectivity index (χ0n) is 26.3. The topological polar surface area (TPSA) is 38.9 Å². The van der Waals surface area contributed by atoms with Gasteiger partial charge in [-0.15, -0.1) is 53.6 Å². The van der Waals surface area contributed by atoms with Crippen LogP contribution in [0, 0.1) is 19.0 Å². The molecule has 0 aliphatic heterocycles. The van der Waals surface area contributed by atoms with Gasteiger partial charge in [0.1, 0.15) is 5.58 Å². The van der Waals surface area contributed by atoms with E-state index in [0.29, 0.717) is 0 Å². The summed E-state index contributed by atoms with van der Waals surface area (Å²) < 4.78 is 28.0. The summed E-state index contributed by atoms with van der Waals surface area (Å²) in [6.45, 7) is 2.42. The molecule has 3 heterocycles. The van der Waals surface area contributed by atoms with Crippen LogP contribution in [0.3, 0.4) is 0 Å². The van der Waals surface area contributed by atoms with Gasteiger partial charge < -0.3 is 14.4 Å². The van der Waals surface area contributed by atoms with Crippen LogP contribution in [-0.2, 0) is 25.5 Å². The molecule has 4 aromatic carbocycles. The van der Waals surface area contributed by atoms with E-state index in [1.807, 2.05) is 48.5 Å². The van der Waals surface area contributed by atoms with Crippen LogP contribution >= 0.6 is 0 Å². The number of furan rings is 1. The van der Waals surface area contributed by atoms with E-state index in [-0.39, 0.29) is 31.1 Å². The van der Waals surface area contributed by atoms with Gasteiger partial charge in [-0.2, -0.15) is 0 Å². The number of pyridine rings is 2. The maximum atomic E-state index is 7.23. The summed E-state index contributed by atoms with van der Waals surface area (Å²) >= 11 is 0. The van der Waals surface area contributed by atoms with Crippen LogP contribution in [0.1, 0.15) is 34.7 Å². The normalized spacial score (nSPS) is 12.4. The molecule has 0 fully saturated rings. The molecule has 0 aliphatic carbocycles. The predicted octanol–water partition coefficient (Wildman–Crippen LogP) is 9.63. The Bertz CT molecular complexity index is 2010. The van der Waals surface area contributed by atoms with Crippen LogP contribution in [0.5, 0.6) is 0 Å². The van der Waals surface area contributed by atoms with E-state index in [2.05, 4.69) is 84.5 Å². The first kappa shape index (κ1) is 25.3. The van der Waals surface area contributed by atoms with Crippen LogP contribution in [0.4, 0.5) is 0 Å². The minimum absolute atomic E-state index is 0. The van der Waals surface area contributed by atoms with Crippen molar-refractivity contribution < 1.29 is 28.6 Å². The van der Waals surface area contributed by atoms with E-state index >= 15 is 0 Å². The Morgan fingerprint density at radius 1 is 0.762 bits per heavy atom. The second kappa shape index (κ2) is 12.6.